The molecule has 0 spiro atoms. The van der Waals surface area contributed by atoms with Crippen molar-refractivity contribution in [2.45, 2.75) is 38.9 Å². The first kappa shape index (κ1) is 25.2. The van der Waals surface area contributed by atoms with Gasteiger partial charge in [-0.05, 0) is 107 Å². The smallest absolute Gasteiger partial charge is 0.309 e. The van der Waals surface area contributed by atoms with Gasteiger partial charge in [0.05, 0.1) is 11.2 Å². The van der Waals surface area contributed by atoms with Crippen molar-refractivity contribution in [1.82, 2.24) is 0 Å². The zero-order valence-electron chi connectivity index (χ0n) is 22.9. The Balaban J connectivity index is 1.55. The second-order valence-corrected chi connectivity index (χ2v) is 11.4. The quantitative estimate of drug-likeness (QED) is 0.186. The fourth-order valence-electron chi connectivity index (χ4n) is 5.07. The molecule has 0 saturated heterocycles. The molecular formula is C36H31BO2. The molecule has 0 aliphatic rings. The highest BCUT2D eigenvalue weighted by molar-refractivity contribution is 6.47. The van der Waals surface area contributed by atoms with Gasteiger partial charge in [0.15, 0.2) is 0 Å². The summed E-state index contributed by atoms with van der Waals surface area (Å²) >= 11 is 0. The van der Waals surface area contributed by atoms with E-state index in [0.717, 1.165) is 32.9 Å². The van der Waals surface area contributed by atoms with Crippen LogP contribution in [0.1, 0.15) is 27.7 Å². The van der Waals surface area contributed by atoms with Crippen molar-refractivity contribution in [1.29, 1.82) is 0 Å². The third-order valence-electron chi connectivity index (χ3n) is 8.08. The molecule has 0 saturated carbocycles. The summed E-state index contributed by atoms with van der Waals surface area (Å²) in [6.07, 6.45) is 0. The lowest BCUT2D eigenvalue weighted by Gasteiger charge is -2.37. The maximum atomic E-state index is 10.7. The van der Waals surface area contributed by atoms with Crippen LogP contribution < -0.4 is 5.46 Å². The van der Waals surface area contributed by atoms with E-state index in [-0.39, 0.29) is 0 Å². The number of fused-ring (bicyclic) bond motifs is 4. The molecule has 6 aromatic rings. The third-order valence-corrected chi connectivity index (χ3v) is 8.08. The minimum absolute atomic E-state index is 0.386. The van der Waals surface area contributed by atoms with Crippen LogP contribution in [0.4, 0.5) is 0 Å². The van der Waals surface area contributed by atoms with Gasteiger partial charge in [-0.2, -0.15) is 0 Å². The van der Waals surface area contributed by atoms with E-state index in [1.54, 1.807) is 13.8 Å². The van der Waals surface area contributed by atoms with Crippen molar-refractivity contribution in [3.05, 3.63) is 115 Å². The maximum Gasteiger partial charge on any atom is 0.309 e. The van der Waals surface area contributed by atoms with Crippen molar-refractivity contribution in [3.63, 3.8) is 0 Å². The van der Waals surface area contributed by atoms with Crippen molar-refractivity contribution in [3.8, 4) is 22.3 Å². The molecule has 2 nitrogen and oxygen atoms in total. The number of hydrogen-bond donors (Lipinski definition) is 1. The maximum absolute atomic E-state index is 10.7. The van der Waals surface area contributed by atoms with Crippen LogP contribution in [0.25, 0.3) is 54.6 Å². The Kier molecular flexibility index (Phi) is 6.19. The molecule has 0 amide bonds. The standard InChI is InChI=1S/C36H31BO2/c1-35(2,38)36(3,4)39-37-30-21-28(26-18-17-24-11-5-6-12-25(24)19-26)20-29(22-30)34-23-27-13-7-8-14-31(27)32-15-9-10-16-33(32)34/h5,7-11,13-23,37-38H,1-4H3. The van der Waals surface area contributed by atoms with Gasteiger partial charge in [-0.25, -0.2) is 0 Å². The average molecular weight is 506 g/mol. The largest absolute Gasteiger partial charge is 0.427 e. The molecule has 0 fully saturated rings. The highest BCUT2D eigenvalue weighted by Crippen LogP contribution is 2.36. The van der Waals surface area contributed by atoms with Gasteiger partial charge in [0, 0.05) is 5.39 Å². The number of aliphatic hydroxyl groups is 1. The van der Waals surface area contributed by atoms with Gasteiger partial charge in [-0.15, -0.1) is 0 Å². The monoisotopic (exact) mass is 506 g/mol. The van der Waals surface area contributed by atoms with Crippen molar-refractivity contribution < 1.29 is 9.76 Å². The van der Waals surface area contributed by atoms with Crippen molar-refractivity contribution in [2.75, 3.05) is 0 Å². The lowest BCUT2D eigenvalue weighted by molar-refractivity contribution is -0.0893. The van der Waals surface area contributed by atoms with E-state index >= 15 is 0 Å². The van der Waals surface area contributed by atoms with Crippen LogP contribution in [0.15, 0.2) is 103 Å². The van der Waals surface area contributed by atoms with Gasteiger partial charge in [0.1, 0.15) is 0 Å². The molecule has 1 N–H and O–H groups in total. The van der Waals surface area contributed by atoms with Gasteiger partial charge >= 0.3 is 7.48 Å². The number of rotatable bonds is 6. The minimum Gasteiger partial charge on any atom is -0.427 e. The first-order valence-electron chi connectivity index (χ1n) is 13.4. The van der Waals surface area contributed by atoms with E-state index in [0.29, 0.717) is 7.48 Å². The minimum atomic E-state index is -0.979. The lowest BCUT2D eigenvalue weighted by Crippen LogP contribution is -2.49. The van der Waals surface area contributed by atoms with E-state index in [2.05, 4.69) is 109 Å². The van der Waals surface area contributed by atoms with Crippen LogP contribution >= 0.6 is 0 Å². The van der Waals surface area contributed by atoms with Gasteiger partial charge in [-0.3, -0.25) is 0 Å². The molecule has 6 aromatic carbocycles. The van der Waals surface area contributed by atoms with Gasteiger partial charge in [0.2, 0.25) is 0 Å². The predicted molar refractivity (Wildman–Crippen MR) is 166 cm³/mol. The Morgan fingerprint density at radius 3 is 2.18 bits per heavy atom. The first-order valence-corrected chi connectivity index (χ1v) is 13.4. The Hall–Kier alpha value is -4.10. The van der Waals surface area contributed by atoms with Crippen molar-refractivity contribution >= 4 is 45.3 Å². The van der Waals surface area contributed by atoms with Crippen LogP contribution in [0.3, 0.4) is 0 Å². The van der Waals surface area contributed by atoms with Crippen LogP contribution in [0, 0.1) is 12.1 Å². The molecule has 0 radical (unpaired) electrons. The molecule has 0 unspecified atom stereocenters. The van der Waals surface area contributed by atoms with E-state index in [9.17, 15) is 5.11 Å². The zero-order chi connectivity index (χ0) is 27.2. The highest BCUT2D eigenvalue weighted by atomic mass is 16.5. The fraction of sp³-hybridized carbons (Fsp3) is 0.167. The van der Waals surface area contributed by atoms with Gasteiger partial charge in [0.25, 0.3) is 0 Å². The molecule has 0 heterocycles. The SMILES string of the molecule is CC(C)(O)C(C)(C)OBc1cc(-c2ccc3ccc#cc3c2)cc(-c2cc3ccccc3c3ccccc23)c1. The lowest BCUT2D eigenvalue weighted by atomic mass is 9.79. The molecule has 6 rings (SSSR count). The second kappa shape index (κ2) is 9.58. The van der Waals surface area contributed by atoms with Crippen LogP contribution in [0.2, 0.25) is 0 Å². The van der Waals surface area contributed by atoms with Crippen LogP contribution in [0.5, 0.6) is 0 Å². The Morgan fingerprint density at radius 1 is 0.667 bits per heavy atom. The summed E-state index contributed by atoms with van der Waals surface area (Å²) in [5, 5.41) is 17.8. The average Bonchev–Trinajstić information content (AvgIpc) is 2.94. The topological polar surface area (TPSA) is 29.5 Å². The summed E-state index contributed by atoms with van der Waals surface area (Å²) < 4.78 is 6.33. The van der Waals surface area contributed by atoms with Gasteiger partial charge in [-0.1, -0.05) is 90.4 Å². The Morgan fingerprint density at radius 2 is 1.38 bits per heavy atom. The molecule has 39 heavy (non-hydrogen) atoms. The number of hydrogen-bond acceptors (Lipinski definition) is 2. The molecule has 0 aliphatic heterocycles. The predicted octanol–water partition coefficient (Wildman–Crippen LogP) is 7.62. The Labute approximate surface area is 231 Å². The molecule has 0 atom stereocenters. The van der Waals surface area contributed by atoms with E-state index < -0.39 is 11.2 Å². The highest BCUT2D eigenvalue weighted by Gasteiger charge is 2.35. The second-order valence-electron chi connectivity index (χ2n) is 11.4. The summed E-state index contributed by atoms with van der Waals surface area (Å²) in [4.78, 5) is 0. The summed E-state index contributed by atoms with van der Waals surface area (Å²) in [7, 11) is 0.386. The zero-order valence-corrected chi connectivity index (χ0v) is 22.9. The molecule has 0 aliphatic carbocycles. The summed E-state index contributed by atoms with van der Waals surface area (Å²) in [6.45, 7) is 7.45. The molecule has 3 heteroatoms. The molecule has 190 valence electrons. The summed E-state index contributed by atoms with van der Waals surface area (Å²) in [5.41, 5.74) is 3.92. The molecule has 0 bridgehead atoms. The normalized spacial score (nSPS) is 12.1. The van der Waals surface area contributed by atoms with E-state index in [1.165, 1.54) is 27.1 Å². The van der Waals surface area contributed by atoms with Gasteiger partial charge < -0.3 is 9.76 Å². The summed E-state index contributed by atoms with van der Waals surface area (Å²) in [6, 6.07) is 43.0. The molecular weight excluding hydrogens is 475 g/mol. The van der Waals surface area contributed by atoms with E-state index in [1.807, 2.05) is 19.9 Å². The van der Waals surface area contributed by atoms with Crippen LogP contribution in [-0.2, 0) is 4.65 Å². The van der Waals surface area contributed by atoms with E-state index in [4.69, 9.17) is 4.65 Å². The molecule has 0 aromatic heterocycles. The van der Waals surface area contributed by atoms with Crippen molar-refractivity contribution in [2.24, 2.45) is 0 Å². The fourth-order valence-corrected chi connectivity index (χ4v) is 5.07. The summed E-state index contributed by atoms with van der Waals surface area (Å²) in [5.74, 6) is 0. The number of benzene rings is 5. The van der Waals surface area contributed by atoms with Crippen LogP contribution in [-0.4, -0.2) is 23.8 Å². The first-order chi connectivity index (χ1) is 18.7. The Bertz CT molecular complexity index is 1830. The third kappa shape index (κ3) is 4.79.